The van der Waals surface area contributed by atoms with E-state index in [1.807, 2.05) is 22.9 Å². The van der Waals surface area contributed by atoms with Crippen molar-refractivity contribution in [3.05, 3.63) is 71.4 Å². The van der Waals surface area contributed by atoms with Gasteiger partial charge in [0.2, 0.25) is 5.95 Å². The zero-order chi connectivity index (χ0) is 22.2. The van der Waals surface area contributed by atoms with Gasteiger partial charge in [0.25, 0.3) is 0 Å². The number of anilines is 2. The quantitative estimate of drug-likeness (QED) is 0.459. The maximum Gasteiger partial charge on any atom is 0.226 e. The van der Waals surface area contributed by atoms with Gasteiger partial charge in [-0.05, 0) is 42.5 Å². The van der Waals surface area contributed by atoms with Gasteiger partial charge in [-0.15, -0.1) is 0 Å². The van der Waals surface area contributed by atoms with E-state index >= 15 is 0 Å². The van der Waals surface area contributed by atoms with Crippen molar-refractivity contribution in [2.45, 2.75) is 44.8 Å². The normalized spacial score (nSPS) is 15.5. The third-order valence-corrected chi connectivity index (χ3v) is 6.71. The van der Waals surface area contributed by atoms with Crippen LogP contribution in [0.1, 0.15) is 36.1 Å². The molecule has 7 heteroatoms. The van der Waals surface area contributed by atoms with Crippen molar-refractivity contribution in [1.29, 1.82) is 0 Å². The summed E-state index contributed by atoms with van der Waals surface area (Å²) in [5, 5.41) is 9.63. The molecule has 3 heterocycles. The Morgan fingerprint density at radius 2 is 1.76 bits per heavy atom. The van der Waals surface area contributed by atoms with Crippen LogP contribution in [0.2, 0.25) is 0 Å². The second kappa shape index (κ2) is 8.39. The average Bonchev–Trinajstić information content (AvgIpc) is 3.17. The first-order chi connectivity index (χ1) is 16.3. The fourth-order valence-corrected chi connectivity index (χ4v) is 4.65. The van der Waals surface area contributed by atoms with Crippen LogP contribution in [-0.4, -0.2) is 39.4 Å². The molecule has 0 bridgehead atoms. The molecule has 2 aromatic heterocycles. The van der Waals surface area contributed by atoms with Crippen LogP contribution in [0.25, 0.3) is 11.0 Å². The number of nitrogens with one attached hydrogen (secondary N) is 1. The third-order valence-electron chi connectivity index (χ3n) is 6.71. The molecule has 0 amide bonds. The highest BCUT2D eigenvalue weighted by molar-refractivity contribution is 5.92. The molecule has 0 saturated heterocycles. The summed E-state index contributed by atoms with van der Waals surface area (Å²) in [6.07, 6.45) is 4.52. The monoisotopic (exact) mass is 440 g/mol. The number of rotatable bonds is 7. The number of aromatic nitrogens is 4. The van der Waals surface area contributed by atoms with Crippen LogP contribution < -0.4 is 15.0 Å². The zero-order valence-corrected chi connectivity index (χ0v) is 18.9. The Bertz CT molecular complexity index is 1260. The summed E-state index contributed by atoms with van der Waals surface area (Å²) in [6.45, 7) is 2.38. The van der Waals surface area contributed by atoms with Crippen molar-refractivity contribution >= 4 is 22.8 Å². The number of methoxy groups -OCH3 is 1. The van der Waals surface area contributed by atoms with Gasteiger partial charge in [0.1, 0.15) is 11.6 Å². The molecule has 33 heavy (non-hydrogen) atoms. The Labute approximate surface area is 193 Å². The summed E-state index contributed by atoms with van der Waals surface area (Å²) in [5.41, 5.74) is 4.46. The van der Waals surface area contributed by atoms with E-state index in [2.05, 4.69) is 46.6 Å². The molecular formula is C26H28N6O. The molecule has 1 N–H and O–H groups in total. The molecule has 2 aromatic carbocycles. The smallest absolute Gasteiger partial charge is 0.226 e. The van der Waals surface area contributed by atoms with Crippen LogP contribution in [0.3, 0.4) is 0 Å². The number of benzene rings is 2. The SMILES string of the molecule is COc1ccc(CN2CCc3nn(Cc4ccccc4)c4nc(NC5CCC5)nc2c34)cc1. The molecule has 0 unspecified atom stereocenters. The highest BCUT2D eigenvalue weighted by Crippen LogP contribution is 2.35. The maximum atomic E-state index is 5.32. The largest absolute Gasteiger partial charge is 0.497 e. The van der Waals surface area contributed by atoms with Gasteiger partial charge in [-0.1, -0.05) is 42.5 Å². The number of hydrogen-bond donors (Lipinski definition) is 1. The molecule has 1 fully saturated rings. The Kier molecular flexibility index (Phi) is 5.09. The minimum atomic E-state index is 0.471. The molecule has 1 aliphatic heterocycles. The first-order valence-corrected chi connectivity index (χ1v) is 11.7. The Morgan fingerprint density at radius 1 is 0.970 bits per heavy atom. The van der Waals surface area contributed by atoms with Gasteiger partial charge in [0.05, 0.1) is 24.7 Å². The fourth-order valence-electron chi connectivity index (χ4n) is 4.65. The third kappa shape index (κ3) is 3.88. The lowest BCUT2D eigenvalue weighted by molar-refractivity contribution is 0.414. The van der Waals surface area contributed by atoms with Crippen molar-refractivity contribution in [1.82, 2.24) is 19.7 Å². The summed E-state index contributed by atoms with van der Waals surface area (Å²) < 4.78 is 7.37. The van der Waals surface area contributed by atoms with Crippen molar-refractivity contribution in [2.75, 3.05) is 23.9 Å². The number of ether oxygens (including phenoxy) is 1. The van der Waals surface area contributed by atoms with E-state index < -0.39 is 0 Å². The van der Waals surface area contributed by atoms with E-state index in [1.165, 1.54) is 30.4 Å². The van der Waals surface area contributed by atoms with E-state index in [4.69, 9.17) is 19.8 Å². The van der Waals surface area contributed by atoms with Gasteiger partial charge < -0.3 is 15.0 Å². The van der Waals surface area contributed by atoms with E-state index in [-0.39, 0.29) is 0 Å². The van der Waals surface area contributed by atoms with Gasteiger partial charge in [-0.3, -0.25) is 0 Å². The lowest BCUT2D eigenvalue weighted by Crippen LogP contribution is -2.31. The first-order valence-electron chi connectivity index (χ1n) is 11.7. The molecule has 2 aliphatic rings. The average molecular weight is 441 g/mol. The molecular weight excluding hydrogens is 412 g/mol. The first kappa shape index (κ1) is 20.0. The van der Waals surface area contributed by atoms with Crippen LogP contribution in [0.5, 0.6) is 5.75 Å². The molecule has 4 aromatic rings. The fraction of sp³-hybridized carbons (Fsp3) is 0.346. The topological polar surface area (TPSA) is 68.1 Å². The molecule has 0 spiro atoms. The minimum absolute atomic E-state index is 0.471. The van der Waals surface area contributed by atoms with E-state index in [1.54, 1.807) is 7.11 Å². The number of nitrogens with zero attached hydrogens (tertiary/aromatic N) is 5. The van der Waals surface area contributed by atoms with Crippen LogP contribution >= 0.6 is 0 Å². The van der Waals surface area contributed by atoms with Gasteiger partial charge in [-0.2, -0.15) is 15.1 Å². The summed E-state index contributed by atoms with van der Waals surface area (Å²) in [7, 11) is 1.70. The predicted octanol–water partition coefficient (Wildman–Crippen LogP) is 4.41. The Balaban J connectivity index is 1.40. The van der Waals surface area contributed by atoms with Crippen molar-refractivity contribution < 1.29 is 4.74 Å². The summed E-state index contributed by atoms with van der Waals surface area (Å²) in [6, 6.07) is 19.2. The van der Waals surface area contributed by atoms with E-state index in [9.17, 15) is 0 Å². The van der Waals surface area contributed by atoms with Crippen LogP contribution in [-0.2, 0) is 19.5 Å². The maximum absolute atomic E-state index is 5.32. The van der Waals surface area contributed by atoms with Crippen LogP contribution in [0.15, 0.2) is 54.6 Å². The van der Waals surface area contributed by atoms with Gasteiger partial charge in [0.15, 0.2) is 5.65 Å². The molecule has 1 saturated carbocycles. The van der Waals surface area contributed by atoms with Crippen LogP contribution in [0, 0.1) is 0 Å². The van der Waals surface area contributed by atoms with Crippen molar-refractivity contribution in [3.8, 4) is 5.75 Å². The van der Waals surface area contributed by atoms with Gasteiger partial charge in [0, 0.05) is 25.6 Å². The van der Waals surface area contributed by atoms with Gasteiger partial charge in [-0.25, -0.2) is 4.68 Å². The lowest BCUT2D eigenvalue weighted by Gasteiger charge is -2.30. The molecule has 1 aliphatic carbocycles. The highest BCUT2D eigenvalue weighted by atomic mass is 16.5. The molecule has 6 rings (SSSR count). The molecule has 0 atom stereocenters. The molecule has 168 valence electrons. The predicted molar refractivity (Wildman–Crippen MR) is 130 cm³/mol. The molecule has 0 radical (unpaired) electrons. The second-order valence-corrected chi connectivity index (χ2v) is 8.95. The second-order valence-electron chi connectivity index (χ2n) is 8.95. The summed E-state index contributed by atoms with van der Waals surface area (Å²) >= 11 is 0. The minimum Gasteiger partial charge on any atom is -0.497 e. The molecule has 7 nitrogen and oxygen atoms in total. The van der Waals surface area contributed by atoms with E-state index in [0.717, 1.165) is 47.8 Å². The van der Waals surface area contributed by atoms with Crippen molar-refractivity contribution in [3.63, 3.8) is 0 Å². The van der Waals surface area contributed by atoms with Crippen LogP contribution in [0.4, 0.5) is 11.8 Å². The standard InChI is InChI=1S/C26H28N6O/c1-33-21-12-10-19(11-13-21)16-31-15-14-22-23-24(31)28-26(27-20-8-5-9-20)29-25(23)32(30-22)17-18-6-3-2-4-7-18/h2-4,6-7,10-13,20H,5,8-9,14-17H2,1H3,(H,27,28,29). The lowest BCUT2D eigenvalue weighted by atomic mass is 9.93. The summed E-state index contributed by atoms with van der Waals surface area (Å²) in [4.78, 5) is 12.3. The van der Waals surface area contributed by atoms with Gasteiger partial charge >= 0.3 is 0 Å². The summed E-state index contributed by atoms with van der Waals surface area (Å²) in [5.74, 6) is 2.57. The number of hydrogen-bond acceptors (Lipinski definition) is 6. The Morgan fingerprint density at radius 3 is 2.48 bits per heavy atom. The van der Waals surface area contributed by atoms with Crippen molar-refractivity contribution in [2.24, 2.45) is 0 Å². The zero-order valence-electron chi connectivity index (χ0n) is 18.9. The highest BCUT2D eigenvalue weighted by Gasteiger charge is 2.28. The van der Waals surface area contributed by atoms with E-state index in [0.29, 0.717) is 18.5 Å². The Hall–Kier alpha value is -3.61.